The first kappa shape index (κ1) is 19.9. The summed E-state index contributed by atoms with van der Waals surface area (Å²) in [4.78, 5) is 24.5. The second-order valence-corrected chi connectivity index (χ2v) is 9.91. The van der Waals surface area contributed by atoms with Crippen LogP contribution in [0, 0.1) is 26.9 Å². The number of carbonyl (C=O) groups excluding carboxylic acids is 1. The molecule has 2 fully saturated rings. The van der Waals surface area contributed by atoms with Gasteiger partial charge < -0.3 is 9.88 Å². The normalized spacial score (nSPS) is 27.2. The van der Waals surface area contributed by atoms with Gasteiger partial charge in [-0.3, -0.25) is 14.9 Å². The fourth-order valence-corrected chi connectivity index (χ4v) is 5.86. The lowest BCUT2D eigenvalue weighted by molar-refractivity contribution is -0.387. The number of aromatic nitrogens is 3. The molecule has 154 valence electrons. The Morgan fingerprint density at radius 1 is 1.38 bits per heavy atom. The van der Waals surface area contributed by atoms with Crippen LogP contribution in [0.5, 0.6) is 0 Å². The van der Waals surface area contributed by atoms with Gasteiger partial charge in [0, 0.05) is 24.7 Å². The highest BCUT2D eigenvalue weighted by Gasteiger charge is 2.61. The van der Waals surface area contributed by atoms with E-state index in [1.807, 2.05) is 0 Å². The van der Waals surface area contributed by atoms with Crippen LogP contribution in [0.3, 0.4) is 0 Å². The van der Waals surface area contributed by atoms with E-state index < -0.39 is 4.92 Å². The van der Waals surface area contributed by atoms with E-state index in [1.165, 1.54) is 18.8 Å². The maximum Gasteiger partial charge on any atom is 0.284 e. The number of nitrogens with one attached hydrogen (secondary N) is 1. The summed E-state index contributed by atoms with van der Waals surface area (Å²) >= 11 is 1.15. The van der Waals surface area contributed by atoms with Gasteiger partial charge in [-0.15, -0.1) is 10.2 Å². The summed E-state index contributed by atoms with van der Waals surface area (Å²) in [5.41, 5.74) is 0.446. The van der Waals surface area contributed by atoms with Crippen LogP contribution in [0.25, 0.3) is 0 Å². The molecule has 0 saturated heterocycles. The molecule has 1 amide bonds. The molecule has 1 aromatic heterocycles. The van der Waals surface area contributed by atoms with E-state index in [1.54, 1.807) is 23.7 Å². The van der Waals surface area contributed by atoms with Crippen molar-refractivity contribution in [3.63, 3.8) is 0 Å². The first-order valence-electron chi connectivity index (χ1n) is 9.74. The molecule has 3 atom stereocenters. The topological polar surface area (TPSA) is 103 Å². The number of benzene rings is 1. The SMILES string of the molecule is Cn1cnnc1Sc1ccc(C(=O)NC2CC3CCC2(C)C3(C)C)cc1[N+](=O)[O-]. The molecule has 9 heteroatoms. The Kier molecular flexibility index (Phi) is 4.68. The minimum absolute atomic E-state index is 0.0558. The Bertz CT molecular complexity index is 988. The third kappa shape index (κ3) is 3.11. The molecule has 1 N–H and O–H groups in total. The van der Waals surface area contributed by atoms with Crippen molar-refractivity contribution >= 4 is 23.4 Å². The van der Waals surface area contributed by atoms with E-state index in [-0.39, 0.29) is 28.5 Å². The van der Waals surface area contributed by atoms with Gasteiger partial charge in [-0.05, 0) is 59.9 Å². The summed E-state index contributed by atoms with van der Waals surface area (Å²) in [6.45, 7) is 6.84. The number of fused-ring (bicyclic) bond motifs is 2. The van der Waals surface area contributed by atoms with Gasteiger partial charge in [0.25, 0.3) is 11.6 Å². The van der Waals surface area contributed by atoms with E-state index in [0.29, 0.717) is 21.5 Å². The number of hydrogen-bond acceptors (Lipinski definition) is 6. The van der Waals surface area contributed by atoms with Crippen molar-refractivity contribution in [3.05, 3.63) is 40.2 Å². The first-order valence-corrected chi connectivity index (χ1v) is 10.6. The first-order chi connectivity index (χ1) is 13.6. The molecule has 0 radical (unpaired) electrons. The summed E-state index contributed by atoms with van der Waals surface area (Å²) in [5.74, 6) is 0.357. The molecular formula is C20H25N5O3S. The number of amides is 1. The lowest BCUT2D eigenvalue weighted by atomic mass is 9.69. The zero-order valence-corrected chi connectivity index (χ0v) is 17.8. The molecule has 0 spiro atoms. The van der Waals surface area contributed by atoms with Gasteiger partial charge in [-0.25, -0.2) is 0 Å². The highest BCUT2D eigenvalue weighted by molar-refractivity contribution is 7.99. The minimum Gasteiger partial charge on any atom is -0.349 e. The summed E-state index contributed by atoms with van der Waals surface area (Å²) in [5, 5.41) is 23.1. The molecule has 2 aliphatic rings. The Balaban J connectivity index is 1.56. The molecule has 2 aliphatic carbocycles. The van der Waals surface area contributed by atoms with Crippen LogP contribution in [0.2, 0.25) is 0 Å². The Hall–Kier alpha value is -2.42. The molecule has 1 aromatic carbocycles. The van der Waals surface area contributed by atoms with E-state index in [2.05, 4.69) is 36.3 Å². The number of carbonyl (C=O) groups is 1. The zero-order valence-electron chi connectivity index (χ0n) is 17.0. The zero-order chi connectivity index (χ0) is 21.0. The van der Waals surface area contributed by atoms with Gasteiger partial charge in [-0.2, -0.15) is 0 Å². The van der Waals surface area contributed by atoms with Crippen LogP contribution in [-0.2, 0) is 7.05 Å². The molecular weight excluding hydrogens is 390 g/mol. The van der Waals surface area contributed by atoms with Crippen LogP contribution in [0.1, 0.15) is 50.4 Å². The summed E-state index contributed by atoms with van der Waals surface area (Å²) in [6.07, 6.45) is 4.81. The molecule has 4 rings (SSSR count). The lowest BCUT2D eigenvalue weighted by Gasteiger charge is -2.39. The summed E-state index contributed by atoms with van der Waals surface area (Å²) in [6, 6.07) is 4.70. The molecule has 0 aliphatic heterocycles. The van der Waals surface area contributed by atoms with Crippen LogP contribution in [0.15, 0.2) is 34.6 Å². The second-order valence-electron chi connectivity index (χ2n) is 8.90. The van der Waals surface area contributed by atoms with Gasteiger partial charge in [0.2, 0.25) is 0 Å². The van der Waals surface area contributed by atoms with Crippen LogP contribution < -0.4 is 5.32 Å². The monoisotopic (exact) mass is 415 g/mol. The fraction of sp³-hybridized carbons (Fsp3) is 0.550. The molecule has 2 aromatic rings. The van der Waals surface area contributed by atoms with Gasteiger partial charge in [0.15, 0.2) is 5.16 Å². The number of aryl methyl sites for hydroxylation is 1. The highest BCUT2D eigenvalue weighted by atomic mass is 32.2. The van der Waals surface area contributed by atoms with Crippen molar-refractivity contribution in [3.8, 4) is 0 Å². The van der Waals surface area contributed by atoms with E-state index >= 15 is 0 Å². The quantitative estimate of drug-likeness (QED) is 0.588. The average Bonchev–Trinajstić information content (AvgIpc) is 3.22. The van der Waals surface area contributed by atoms with Gasteiger partial charge >= 0.3 is 0 Å². The predicted octanol–water partition coefficient (Wildman–Crippen LogP) is 3.82. The summed E-state index contributed by atoms with van der Waals surface area (Å²) in [7, 11) is 1.77. The number of nitrogens with zero attached hydrogens (tertiary/aromatic N) is 4. The van der Waals surface area contributed by atoms with Crippen molar-refractivity contribution in [1.29, 1.82) is 0 Å². The van der Waals surface area contributed by atoms with E-state index in [0.717, 1.165) is 24.6 Å². The van der Waals surface area contributed by atoms with Gasteiger partial charge in [0.1, 0.15) is 6.33 Å². The van der Waals surface area contributed by atoms with Crippen molar-refractivity contribution < 1.29 is 9.72 Å². The van der Waals surface area contributed by atoms with Gasteiger partial charge in [-0.1, -0.05) is 20.8 Å². The number of hydrogen-bond donors (Lipinski definition) is 1. The molecule has 2 saturated carbocycles. The highest BCUT2D eigenvalue weighted by Crippen LogP contribution is 2.65. The van der Waals surface area contributed by atoms with Crippen LogP contribution >= 0.6 is 11.8 Å². The van der Waals surface area contributed by atoms with Crippen LogP contribution in [-0.4, -0.2) is 31.6 Å². The molecule has 2 bridgehead atoms. The second kappa shape index (κ2) is 6.83. The number of rotatable bonds is 5. The lowest BCUT2D eigenvalue weighted by Crippen LogP contribution is -2.46. The van der Waals surface area contributed by atoms with Crippen molar-refractivity contribution in [2.24, 2.45) is 23.8 Å². The van der Waals surface area contributed by atoms with E-state index in [9.17, 15) is 14.9 Å². The number of nitro benzene ring substituents is 1. The Labute approximate surface area is 173 Å². The third-order valence-corrected chi connectivity index (χ3v) is 8.51. The van der Waals surface area contributed by atoms with Crippen molar-refractivity contribution in [2.75, 3.05) is 0 Å². The van der Waals surface area contributed by atoms with Crippen molar-refractivity contribution in [2.45, 2.75) is 56.1 Å². The molecule has 29 heavy (non-hydrogen) atoms. The van der Waals surface area contributed by atoms with Crippen LogP contribution in [0.4, 0.5) is 5.69 Å². The fourth-order valence-electron chi connectivity index (χ4n) is 5.01. The minimum atomic E-state index is -0.461. The van der Waals surface area contributed by atoms with Gasteiger partial charge in [0.05, 0.1) is 9.82 Å². The Morgan fingerprint density at radius 3 is 2.69 bits per heavy atom. The number of nitro groups is 1. The van der Waals surface area contributed by atoms with Crippen molar-refractivity contribution in [1.82, 2.24) is 20.1 Å². The molecule has 3 unspecified atom stereocenters. The smallest absolute Gasteiger partial charge is 0.284 e. The molecule has 1 heterocycles. The largest absolute Gasteiger partial charge is 0.349 e. The Morgan fingerprint density at radius 2 is 2.14 bits per heavy atom. The maximum absolute atomic E-state index is 12.9. The molecule has 8 nitrogen and oxygen atoms in total. The third-order valence-electron chi connectivity index (χ3n) is 7.39. The standard InChI is InChI=1S/C20H25N5O3S/c1-19(2)13-7-8-20(19,3)16(10-13)22-17(26)12-5-6-15(14(9-12)25(27)28)29-18-23-21-11-24(18)4/h5-6,9,11,13,16H,7-8,10H2,1-4H3,(H,22,26). The van der Waals surface area contributed by atoms with E-state index in [4.69, 9.17) is 0 Å². The summed E-state index contributed by atoms with van der Waals surface area (Å²) < 4.78 is 1.69. The predicted molar refractivity (Wildman–Crippen MR) is 109 cm³/mol. The average molecular weight is 416 g/mol. The maximum atomic E-state index is 12.9.